The molecule has 0 amide bonds. The van der Waals surface area contributed by atoms with Crippen LogP contribution in [-0.4, -0.2) is 63.8 Å². The Balaban J connectivity index is 0.00000442. The van der Waals surface area contributed by atoms with E-state index in [2.05, 4.69) is 40.7 Å². The molecule has 5 rings (SSSR count). The second-order valence-electron chi connectivity index (χ2n) is 15.5. The van der Waals surface area contributed by atoms with E-state index >= 15 is 0 Å². The summed E-state index contributed by atoms with van der Waals surface area (Å²) < 4.78 is 28.3. The third-order valence-corrected chi connectivity index (χ3v) is 13.6. The largest absolute Gasteiger partial charge is 1.00 e. The van der Waals surface area contributed by atoms with Gasteiger partial charge in [0, 0.05) is 0 Å². The van der Waals surface area contributed by atoms with Gasteiger partial charge >= 0.3 is 29.6 Å². The van der Waals surface area contributed by atoms with Gasteiger partial charge in [0.25, 0.3) is 7.82 Å². The molecule has 4 fully saturated rings. The van der Waals surface area contributed by atoms with Gasteiger partial charge in [0.15, 0.2) is 6.29 Å². The molecule has 4 N–H and O–H groups in total. The molecule has 3 saturated carbocycles. The van der Waals surface area contributed by atoms with Crippen molar-refractivity contribution in [2.75, 3.05) is 6.61 Å². The van der Waals surface area contributed by atoms with E-state index < -0.39 is 51.2 Å². The van der Waals surface area contributed by atoms with Gasteiger partial charge in [-0.3, -0.25) is 4.57 Å². The van der Waals surface area contributed by atoms with Crippen LogP contribution in [0.15, 0.2) is 11.6 Å². The van der Waals surface area contributed by atoms with Gasteiger partial charge in [0.2, 0.25) is 0 Å². The zero-order chi connectivity index (χ0) is 31.3. The van der Waals surface area contributed by atoms with Crippen molar-refractivity contribution in [1.82, 2.24) is 0 Å². The zero-order valence-corrected chi connectivity index (χ0v) is 30.7. The second-order valence-corrected chi connectivity index (χ2v) is 16.9. The molecular formula is C33H56NaO9P. The third kappa shape index (κ3) is 7.45. The normalized spacial score (nSPS) is 45.8. The maximum atomic E-state index is 12.7. The number of phosphoric ester groups is 1. The van der Waals surface area contributed by atoms with Crippen molar-refractivity contribution in [2.24, 2.45) is 46.3 Å². The number of hydrogen-bond acceptors (Lipinski definition) is 9. The summed E-state index contributed by atoms with van der Waals surface area (Å²) in [5.41, 5.74) is 1.80. The average molecular weight is 651 g/mol. The smallest absolute Gasteiger partial charge is 0.756 e. The number of fused-ring (bicyclic) bond motifs is 5. The van der Waals surface area contributed by atoms with E-state index in [4.69, 9.17) is 13.8 Å². The van der Waals surface area contributed by atoms with Crippen molar-refractivity contribution in [3.05, 3.63) is 11.6 Å². The van der Waals surface area contributed by atoms with Crippen LogP contribution in [0.3, 0.4) is 0 Å². The van der Waals surface area contributed by atoms with Crippen LogP contribution in [0.1, 0.15) is 105 Å². The Bertz CT molecular complexity index is 1060. The first-order chi connectivity index (χ1) is 20.2. The van der Waals surface area contributed by atoms with Crippen LogP contribution in [0, 0.1) is 46.3 Å². The Kier molecular flexibility index (Phi) is 12.5. The molecule has 0 aromatic heterocycles. The monoisotopic (exact) mass is 650 g/mol. The molecule has 9 nitrogen and oxygen atoms in total. The fourth-order valence-electron chi connectivity index (χ4n) is 10.2. The van der Waals surface area contributed by atoms with Crippen molar-refractivity contribution in [2.45, 2.75) is 142 Å². The molecule has 2 unspecified atom stereocenters. The van der Waals surface area contributed by atoms with E-state index in [1.807, 2.05) is 0 Å². The average Bonchev–Trinajstić information content (AvgIpc) is 3.30. The molecule has 0 aromatic carbocycles. The van der Waals surface area contributed by atoms with Crippen LogP contribution >= 0.6 is 7.82 Å². The first-order valence-electron chi connectivity index (χ1n) is 16.9. The maximum absolute atomic E-state index is 12.7. The Hall–Kier alpha value is 0.650. The number of aliphatic hydroxyl groups is 4. The van der Waals surface area contributed by atoms with Gasteiger partial charge in [0.05, 0.1) is 12.7 Å². The van der Waals surface area contributed by atoms with E-state index in [1.54, 1.807) is 0 Å². The second kappa shape index (κ2) is 14.6. The molecule has 1 saturated heterocycles. The van der Waals surface area contributed by atoms with Gasteiger partial charge in [-0.25, -0.2) is 0 Å². The number of aliphatic hydroxyl groups excluding tert-OH is 4. The van der Waals surface area contributed by atoms with Crippen molar-refractivity contribution in [3.63, 3.8) is 0 Å². The molecule has 0 spiro atoms. The number of rotatable bonds is 10. The van der Waals surface area contributed by atoms with E-state index in [9.17, 15) is 29.9 Å². The van der Waals surface area contributed by atoms with Crippen LogP contribution < -0.4 is 34.5 Å². The van der Waals surface area contributed by atoms with Crippen LogP contribution in [0.2, 0.25) is 0 Å². The van der Waals surface area contributed by atoms with E-state index in [0.29, 0.717) is 30.1 Å². The van der Waals surface area contributed by atoms with E-state index in [0.717, 1.165) is 36.5 Å². The molecule has 248 valence electrons. The molecule has 4 aliphatic carbocycles. The van der Waals surface area contributed by atoms with E-state index in [1.165, 1.54) is 50.5 Å². The summed E-state index contributed by atoms with van der Waals surface area (Å²) in [5, 5.41) is 39.3. The van der Waals surface area contributed by atoms with Crippen molar-refractivity contribution >= 4 is 7.82 Å². The first kappa shape index (κ1) is 37.5. The summed E-state index contributed by atoms with van der Waals surface area (Å²) in [6.45, 7) is 11.5. The molecule has 44 heavy (non-hydrogen) atoms. The van der Waals surface area contributed by atoms with Crippen LogP contribution in [0.4, 0.5) is 0 Å². The Morgan fingerprint density at radius 3 is 2.43 bits per heavy atom. The Morgan fingerprint density at radius 1 is 1.00 bits per heavy atom. The van der Waals surface area contributed by atoms with Gasteiger partial charge < -0.3 is 39.1 Å². The minimum absolute atomic E-state index is 0. The predicted molar refractivity (Wildman–Crippen MR) is 160 cm³/mol. The van der Waals surface area contributed by atoms with Crippen LogP contribution in [-0.2, 0) is 18.3 Å². The number of ether oxygens (including phenoxy) is 1. The summed E-state index contributed by atoms with van der Waals surface area (Å²) in [4.78, 5) is 12.7. The molecule has 0 bridgehead atoms. The van der Waals surface area contributed by atoms with Gasteiger partial charge in [-0.2, -0.15) is 0 Å². The van der Waals surface area contributed by atoms with Gasteiger partial charge in [-0.05, 0) is 97.7 Å². The molecule has 1 aliphatic heterocycles. The number of hydrogen-bond donors (Lipinski definition) is 4. The number of allylic oxidation sites excluding steroid dienone is 1. The zero-order valence-electron chi connectivity index (χ0n) is 27.8. The van der Waals surface area contributed by atoms with Crippen molar-refractivity contribution in [3.8, 4) is 0 Å². The quantitative estimate of drug-likeness (QED) is 0.158. The van der Waals surface area contributed by atoms with Gasteiger partial charge in [0.1, 0.15) is 24.4 Å². The topological polar surface area (TPSA) is 149 Å². The number of phosphoric acid groups is 1. The summed E-state index contributed by atoms with van der Waals surface area (Å²) in [6.07, 6.45) is 6.14. The summed E-state index contributed by atoms with van der Waals surface area (Å²) in [6, 6.07) is 0. The minimum atomic E-state index is -4.76. The molecule has 0 radical (unpaired) electrons. The standard InChI is InChI=1S/C33H57O9P.Na/c1-19(2)7-6-8-20(3)24-11-12-25-23-10-9-21-17-22(13-15-32(21,4)26(23)14-16-33(24,25)5)42-43(38,39)40-18-27-28(34)29(35)30(36)31(37)41-27;/h9,19-20,22-31,34-37H,6-8,10-18H2,1-5H3,(H,38,39);/q;+1/p-1/t20-,22+,23+,24-,25+,26+,27-,28-,29+,30+,31?,32+,33-;/m1./s1. The van der Waals surface area contributed by atoms with E-state index in [-0.39, 0.29) is 35.0 Å². The predicted octanol–water partition coefficient (Wildman–Crippen LogP) is 1.70. The van der Waals surface area contributed by atoms with Crippen LogP contribution in [0.25, 0.3) is 0 Å². The minimum Gasteiger partial charge on any atom is -0.756 e. The van der Waals surface area contributed by atoms with Gasteiger partial charge in [-0.15, -0.1) is 0 Å². The Labute approximate surface area is 286 Å². The SMILES string of the molecule is CC(C)CCC[C@@H](C)[C@H]1CC[C@H]2[C@@H]3CC=C4C[C@@H](OP(=O)([O-])OC[C@H]5OC(O)[C@@H](O)[C@@H](O)[C@@H]5O)CC[C@]4(C)[C@H]3CC[C@]12C.[Na+]. The molecule has 0 aromatic rings. The summed E-state index contributed by atoms with van der Waals surface area (Å²) >= 11 is 0. The molecule has 5 aliphatic rings. The molecule has 14 atom stereocenters. The Morgan fingerprint density at radius 2 is 1.73 bits per heavy atom. The third-order valence-electron chi connectivity index (χ3n) is 12.6. The fraction of sp³-hybridized carbons (Fsp3) is 0.939. The van der Waals surface area contributed by atoms with Gasteiger partial charge in [-0.1, -0.05) is 65.5 Å². The van der Waals surface area contributed by atoms with Crippen LogP contribution in [0.5, 0.6) is 0 Å². The molecule has 1 heterocycles. The molecule has 11 heteroatoms. The first-order valence-corrected chi connectivity index (χ1v) is 18.3. The summed E-state index contributed by atoms with van der Waals surface area (Å²) in [7, 11) is -4.76. The van der Waals surface area contributed by atoms with Crippen molar-refractivity contribution < 1.29 is 73.2 Å². The fourth-order valence-corrected chi connectivity index (χ4v) is 11.1. The molecular weight excluding hydrogens is 594 g/mol. The summed E-state index contributed by atoms with van der Waals surface area (Å²) in [5.74, 6) is 4.45. The van der Waals surface area contributed by atoms with Crippen molar-refractivity contribution in [1.29, 1.82) is 0 Å². The maximum Gasteiger partial charge on any atom is 1.00 e.